The highest BCUT2D eigenvalue weighted by atomic mass is 35.5. The Hall–Kier alpha value is -2.09. The summed E-state index contributed by atoms with van der Waals surface area (Å²) in [6.07, 6.45) is 1.87. The molecular weight excluding hydrogens is 446 g/mol. The van der Waals surface area contributed by atoms with Gasteiger partial charge in [0.15, 0.2) is 0 Å². The predicted molar refractivity (Wildman–Crippen MR) is 129 cm³/mol. The number of anilines is 1. The number of piperazine rings is 1. The Labute approximate surface area is 195 Å². The summed E-state index contributed by atoms with van der Waals surface area (Å²) < 4.78 is 25.9. The molecule has 32 heavy (non-hydrogen) atoms. The lowest BCUT2D eigenvalue weighted by Gasteiger charge is -2.42. The molecule has 0 aromatic heterocycles. The summed E-state index contributed by atoms with van der Waals surface area (Å²) in [7, 11) is -3.34. The second-order valence-electron chi connectivity index (χ2n) is 8.78. The fourth-order valence-electron chi connectivity index (χ4n) is 4.90. The van der Waals surface area contributed by atoms with Crippen LogP contribution in [0.1, 0.15) is 23.5 Å². The molecule has 2 saturated heterocycles. The van der Waals surface area contributed by atoms with Gasteiger partial charge in [-0.3, -0.25) is 4.79 Å². The Morgan fingerprint density at radius 1 is 1.00 bits per heavy atom. The minimum Gasteiger partial charge on any atom is -0.368 e. The third-order valence-corrected chi connectivity index (χ3v) is 8.20. The van der Waals surface area contributed by atoms with E-state index in [2.05, 4.69) is 11.8 Å². The van der Waals surface area contributed by atoms with Crippen LogP contribution in [0.3, 0.4) is 0 Å². The van der Waals surface area contributed by atoms with Crippen LogP contribution in [0.15, 0.2) is 48.5 Å². The van der Waals surface area contributed by atoms with Gasteiger partial charge in [-0.25, -0.2) is 12.7 Å². The number of carbonyl (C=O) groups is 1. The average Bonchev–Trinajstić information content (AvgIpc) is 2.80. The van der Waals surface area contributed by atoms with Crippen molar-refractivity contribution in [2.45, 2.75) is 19.3 Å². The smallest absolute Gasteiger partial charge is 0.227 e. The summed E-state index contributed by atoms with van der Waals surface area (Å²) in [4.78, 5) is 17.8. The lowest BCUT2D eigenvalue weighted by atomic mass is 9.80. The van der Waals surface area contributed by atoms with Crippen molar-refractivity contribution < 1.29 is 13.2 Å². The van der Waals surface area contributed by atoms with Gasteiger partial charge in [0.2, 0.25) is 15.9 Å². The highest BCUT2D eigenvalue weighted by Crippen LogP contribution is 2.35. The Morgan fingerprint density at radius 2 is 1.69 bits per heavy atom. The van der Waals surface area contributed by atoms with E-state index >= 15 is 0 Å². The van der Waals surface area contributed by atoms with Crippen LogP contribution in [0, 0.1) is 12.8 Å². The van der Waals surface area contributed by atoms with Crippen molar-refractivity contribution in [3.8, 4) is 0 Å². The summed E-state index contributed by atoms with van der Waals surface area (Å²) in [5, 5.41) is 0.706. The highest BCUT2D eigenvalue weighted by molar-refractivity contribution is 7.88. The molecule has 2 heterocycles. The number of sulfonamides is 1. The van der Waals surface area contributed by atoms with Gasteiger partial charge in [0.25, 0.3) is 0 Å². The molecule has 2 aromatic rings. The molecule has 0 spiro atoms. The molecule has 2 fully saturated rings. The van der Waals surface area contributed by atoms with Gasteiger partial charge in [0.1, 0.15) is 0 Å². The number of hydrogen-bond donors (Lipinski definition) is 0. The van der Waals surface area contributed by atoms with Gasteiger partial charge in [-0.2, -0.15) is 0 Å². The zero-order chi connectivity index (χ0) is 22.9. The SMILES string of the molecule is Cc1ccc(Cl)cc1N1CCN(C(=O)C2CN(S(C)(=O)=O)CCC2c2ccccc2)CC1. The number of aryl methyl sites for hydroxylation is 1. The topological polar surface area (TPSA) is 60.9 Å². The van der Waals surface area contributed by atoms with Gasteiger partial charge in [-0.05, 0) is 42.5 Å². The molecule has 0 saturated carbocycles. The molecule has 0 aliphatic carbocycles. The van der Waals surface area contributed by atoms with E-state index in [-0.39, 0.29) is 24.3 Å². The standard InChI is InChI=1S/C24H30ClN3O3S/c1-18-8-9-20(25)16-23(18)26-12-14-27(15-13-26)24(29)22-17-28(32(2,30)31)11-10-21(22)19-6-4-3-5-7-19/h3-9,16,21-22H,10-15,17H2,1-2H3. The molecule has 172 valence electrons. The van der Waals surface area contributed by atoms with E-state index in [0.717, 1.165) is 29.9 Å². The second kappa shape index (κ2) is 9.41. The largest absolute Gasteiger partial charge is 0.368 e. The molecule has 4 rings (SSSR count). The summed E-state index contributed by atoms with van der Waals surface area (Å²) in [6.45, 7) is 5.44. The maximum absolute atomic E-state index is 13.6. The number of hydrogen-bond acceptors (Lipinski definition) is 4. The van der Waals surface area contributed by atoms with Crippen molar-refractivity contribution in [2.24, 2.45) is 5.92 Å². The zero-order valence-electron chi connectivity index (χ0n) is 18.6. The fraction of sp³-hybridized carbons (Fsp3) is 0.458. The van der Waals surface area contributed by atoms with Crippen LogP contribution >= 0.6 is 11.6 Å². The number of halogens is 1. The van der Waals surface area contributed by atoms with E-state index in [9.17, 15) is 13.2 Å². The molecule has 2 atom stereocenters. The number of carbonyl (C=O) groups excluding carboxylic acids is 1. The molecule has 0 bridgehead atoms. The van der Waals surface area contributed by atoms with Gasteiger partial charge >= 0.3 is 0 Å². The van der Waals surface area contributed by atoms with Crippen molar-refractivity contribution in [1.82, 2.24) is 9.21 Å². The Bertz CT molecular complexity index is 1070. The molecule has 2 aliphatic rings. The van der Waals surface area contributed by atoms with E-state index in [1.165, 1.54) is 10.6 Å². The van der Waals surface area contributed by atoms with Crippen LogP contribution in [0.5, 0.6) is 0 Å². The van der Waals surface area contributed by atoms with Crippen molar-refractivity contribution in [2.75, 3.05) is 50.4 Å². The van der Waals surface area contributed by atoms with Crippen molar-refractivity contribution in [3.63, 3.8) is 0 Å². The maximum atomic E-state index is 13.6. The molecule has 2 aliphatic heterocycles. The lowest BCUT2D eigenvalue weighted by Crippen LogP contribution is -2.54. The number of amides is 1. The first-order chi connectivity index (χ1) is 15.2. The van der Waals surface area contributed by atoms with E-state index in [4.69, 9.17) is 11.6 Å². The van der Waals surface area contributed by atoms with Crippen LogP contribution in [-0.4, -0.2) is 69.1 Å². The third kappa shape index (κ3) is 4.95. The van der Waals surface area contributed by atoms with Crippen molar-refractivity contribution in [1.29, 1.82) is 0 Å². The highest BCUT2D eigenvalue weighted by Gasteiger charge is 2.40. The first kappa shape index (κ1) is 23.1. The Balaban J connectivity index is 1.51. The average molecular weight is 476 g/mol. The molecule has 0 N–H and O–H groups in total. The Morgan fingerprint density at radius 3 is 2.34 bits per heavy atom. The lowest BCUT2D eigenvalue weighted by molar-refractivity contribution is -0.137. The monoisotopic (exact) mass is 475 g/mol. The zero-order valence-corrected chi connectivity index (χ0v) is 20.1. The van der Waals surface area contributed by atoms with Crippen molar-refractivity contribution >= 4 is 33.2 Å². The predicted octanol–water partition coefficient (Wildman–Crippen LogP) is 3.36. The number of benzene rings is 2. The molecule has 8 heteroatoms. The summed E-state index contributed by atoms with van der Waals surface area (Å²) in [6, 6.07) is 15.9. The first-order valence-electron chi connectivity index (χ1n) is 11.0. The van der Waals surface area contributed by atoms with Crippen molar-refractivity contribution in [3.05, 3.63) is 64.7 Å². The third-order valence-electron chi connectivity index (χ3n) is 6.69. The molecular formula is C24H30ClN3O3S. The maximum Gasteiger partial charge on any atom is 0.227 e. The number of nitrogens with zero attached hydrogens (tertiary/aromatic N) is 3. The Kier molecular flexibility index (Phi) is 6.79. The van der Waals surface area contributed by atoms with Crippen LogP contribution in [0.25, 0.3) is 0 Å². The summed E-state index contributed by atoms with van der Waals surface area (Å²) in [5.74, 6) is -0.301. The molecule has 2 aromatic carbocycles. The van der Waals surface area contributed by atoms with Gasteiger partial charge in [-0.1, -0.05) is 48.0 Å². The van der Waals surface area contributed by atoms with Gasteiger partial charge in [0, 0.05) is 50.0 Å². The fourth-order valence-corrected chi connectivity index (χ4v) is 5.93. The number of piperidine rings is 1. The van der Waals surface area contributed by atoms with Crippen LogP contribution in [0.4, 0.5) is 5.69 Å². The van der Waals surface area contributed by atoms with Crippen LogP contribution in [-0.2, 0) is 14.8 Å². The van der Waals surface area contributed by atoms with Gasteiger partial charge < -0.3 is 9.80 Å². The quantitative estimate of drug-likeness (QED) is 0.680. The van der Waals surface area contributed by atoms with E-state index < -0.39 is 10.0 Å². The molecule has 0 radical (unpaired) electrons. The minimum absolute atomic E-state index is 0.0231. The van der Waals surface area contributed by atoms with E-state index in [1.54, 1.807) is 0 Å². The summed E-state index contributed by atoms with van der Waals surface area (Å²) in [5.41, 5.74) is 3.37. The molecule has 6 nitrogen and oxygen atoms in total. The second-order valence-corrected chi connectivity index (χ2v) is 11.2. The van der Waals surface area contributed by atoms with Gasteiger partial charge in [-0.15, -0.1) is 0 Å². The van der Waals surface area contributed by atoms with E-state index in [1.807, 2.05) is 53.4 Å². The van der Waals surface area contributed by atoms with Gasteiger partial charge in [0.05, 0.1) is 12.2 Å². The molecule has 2 unspecified atom stereocenters. The summed E-state index contributed by atoms with van der Waals surface area (Å²) >= 11 is 6.20. The molecule has 1 amide bonds. The minimum atomic E-state index is -3.34. The number of rotatable bonds is 4. The van der Waals surface area contributed by atoms with Crippen LogP contribution < -0.4 is 4.90 Å². The normalized spacial score (nSPS) is 22.7. The van der Waals surface area contributed by atoms with Crippen LogP contribution in [0.2, 0.25) is 5.02 Å². The van der Waals surface area contributed by atoms with E-state index in [0.29, 0.717) is 31.1 Å². The first-order valence-corrected chi connectivity index (χ1v) is 13.3.